The van der Waals surface area contributed by atoms with Crippen molar-refractivity contribution in [3.8, 4) is 28.2 Å². The van der Waals surface area contributed by atoms with E-state index in [1.54, 1.807) is 6.92 Å². The molecule has 4 aromatic rings. The average molecular weight is 684 g/mol. The summed E-state index contributed by atoms with van der Waals surface area (Å²) in [5.74, 6) is -2.06. The van der Waals surface area contributed by atoms with E-state index in [4.69, 9.17) is 79.8 Å². The Bertz CT molecular complexity index is 2060. The summed E-state index contributed by atoms with van der Waals surface area (Å²) in [6, 6.07) is 12.5. The molecule has 0 aliphatic carbocycles. The number of hydrogen-bond acceptors (Lipinski definition) is 6. The number of nitrogens with zero attached hydrogens (tertiary/aromatic N) is 1. The maximum absolute atomic E-state index is 14.1. The first-order valence-corrected chi connectivity index (χ1v) is 16.9. The molecule has 0 saturated carbocycles. The highest BCUT2D eigenvalue weighted by Crippen LogP contribution is 2.53. The monoisotopic (exact) mass is 685 g/mol. The molecular formula is C31H25B9FN3O6S. The van der Waals surface area contributed by atoms with Crippen LogP contribution in [0.25, 0.3) is 33.4 Å². The number of anilines is 1. The van der Waals surface area contributed by atoms with E-state index >= 15 is 0 Å². The second-order valence-corrected chi connectivity index (χ2v) is 14.0. The molecule has 0 saturated heterocycles. The Morgan fingerprint density at radius 1 is 0.863 bits per heavy atom. The number of methoxy groups -OCH3 is 1. The minimum atomic E-state index is -3.92. The lowest BCUT2D eigenvalue weighted by molar-refractivity contribution is 0.0892. The van der Waals surface area contributed by atoms with Crippen LogP contribution in [-0.4, -0.2) is 123 Å². The molecule has 3 aromatic carbocycles. The summed E-state index contributed by atoms with van der Waals surface area (Å²) >= 11 is 0. The van der Waals surface area contributed by atoms with Crippen molar-refractivity contribution >= 4 is 109 Å². The zero-order valence-corrected chi connectivity index (χ0v) is 29.1. The van der Waals surface area contributed by atoms with Crippen molar-refractivity contribution < 1.29 is 31.6 Å². The Hall–Kier alpha value is -3.80. The number of furan rings is 1. The van der Waals surface area contributed by atoms with Crippen LogP contribution in [0, 0.1) is 5.82 Å². The summed E-state index contributed by atoms with van der Waals surface area (Å²) in [7, 11) is 52.5. The van der Waals surface area contributed by atoms with Gasteiger partial charge in [-0.15, -0.1) is 15.3 Å². The molecule has 2 N–H and O–H groups in total. The fourth-order valence-corrected chi connectivity index (χ4v) is 7.03. The minimum Gasteiger partial charge on any atom is -0.496 e. The molecule has 20 heteroatoms. The first kappa shape index (κ1) is 40.0. The Morgan fingerprint density at radius 3 is 1.88 bits per heavy atom. The van der Waals surface area contributed by atoms with Crippen LogP contribution in [0.4, 0.5) is 10.1 Å². The highest BCUT2D eigenvalue weighted by atomic mass is 32.2. The van der Waals surface area contributed by atoms with E-state index in [9.17, 15) is 22.4 Å². The van der Waals surface area contributed by atoms with Gasteiger partial charge in [-0.2, -0.15) is 0 Å². The van der Waals surface area contributed by atoms with Gasteiger partial charge in [-0.1, -0.05) is 6.07 Å². The molecular weight excluding hydrogens is 659 g/mol. The van der Waals surface area contributed by atoms with Gasteiger partial charge in [-0.3, -0.25) is 13.9 Å². The van der Waals surface area contributed by atoms with E-state index in [2.05, 4.69) is 10.6 Å². The van der Waals surface area contributed by atoms with Gasteiger partial charge in [0, 0.05) is 36.2 Å². The number of nitrogens with one attached hydrogen (secondary N) is 2. The van der Waals surface area contributed by atoms with Crippen LogP contribution in [0.1, 0.15) is 27.6 Å². The number of fused-ring (bicyclic) bond motifs is 1. The Kier molecular flexibility index (Phi) is 11.0. The van der Waals surface area contributed by atoms with Gasteiger partial charge >= 0.3 is 0 Å². The summed E-state index contributed by atoms with van der Waals surface area (Å²) in [5, 5.41) is -2.71. The molecule has 0 aliphatic rings. The standard InChI is InChI=1S/C31H25B9FN3O6S/c1-5-44(51(4,47)48)21-14-23-19(24(27(46)42-2)25(50-23)15-6-9-17(41)10-7-15)13-18(21)16-8-11-22(49-3)20(12-16)26(45)43-28(29(32,33)34,30(35,36)37)31(38,39)40/h6-14H,5H2,1-4H3,(H,42,46)(H,43,45). The molecule has 18 radical (unpaired) electrons. The molecule has 0 unspecified atom stereocenters. The number of rotatable bonds is 12. The fraction of sp³-hybridized carbons (Fsp3) is 0.290. The second-order valence-electron chi connectivity index (χ2n) is 12.1. The smallest absolute Gasteiger partial charge is 0.255 e. The second kappa shape index (κ2) is 14.0. The van der Waals surface area contributed by atoms with Gasteiger partial charge in [-0.05, 0) is 60.5 Å². The van der Waals surface area contributed by atoms with Crippen molar-refractivity contribution in [2.24, 2.45) is 0 Å². The third kappa shape index (κ3) is 7.30. The van der Waals surface area contributed by atoms with Gasteiger partial charge in [0.2, 0.25) is 10.0 Å². The van der Waals surface area contributed by atoms with E-state index in [1.807, 2.05) is 0 Å². The fourth-order valence-electron chi connectivity index (χ4n) is 6.05. The van der Waals surface area contributed by atoms with E-state index in [0.29, 0.717) is 5.56 Å². The van der Waals surface area contributed by atoms with Crippen molar-refractivity contribution in [1.29, 1.82) is 0 Å². The predicted octanol–water partition coefficient (Wildman–Crippen LogP) is 1.27. The lowest BCUT2D eigenvalue weighted by Gasteiger charge is -2.65. The number of carbonyl (C=O) groups excluding carboxylic acids is 2. The van der Waals surface area contributed by atoms with E-state index in [1.165, 1.54) is 68.8 Å². The molecule has 0 fully saturated rings. The number of halogens is 1. The van der Waals surface area contributed by atoms with Gasteiger partial charge in [0.1, 0.15) is 22.9 Å². The van der Waals surface area contributed by atoms with Crippen LogP contribution in [0.3, 0.4) is 0 Å². The molecule has 1 heterocycles. The van der Waals surface area contributed by atoms with Crippen molar-refractivity contribution in [2.45, 2.75) is 27.8 Å². The first-order valence-electron chi connectivity index (χ1n) is 15.1. The summed E-state index contributed by atoms with van der Waals surface area (Å²) in [6.07, 6.45) is 1.01. The summed E-state index contributed by atoms with van der Waals surface area (Å²) in [4.78, 5) is 27.4. The van der Waals surface area contributed by atoms with Gasteiger partial charge in [0.15, 0.2) is 0 Å². The van der Waals surface area contributed by atoms with Crippen molar-refractivity contribution in [3.05, 3.63) is 71.5 Å². The summed E-state index contributed by atoms with van der Waals surface area (Å²) < 4.78 is 52.6. The van der Waals surface area contributed by atoms with Crippen LogP contribution >= 0.6 is 0 Å². The SMILES string of the molecule is [B]C([B])([B])C(NC(=O)c1cc(-c2cc3c(C(=O)NC)c(-c4ccc(F)cc4)oc3cc2N(CC)S(C)(=O)=O)ccc1OC)(C([B])([B])[B])C([B])([B])[B]. The highest BCUT2D eigenvalue weighted by Gasteiger charge is 2.54. The number of benzene rings is 3. The molecule has 4 rings (SSSR count). The topological polar surface area (TPSA) is 118 Å². The number of amides is 2. The normalized spacial score (nSPS) is 12.7. The number of ether oxygens (including phenoxy) is 1. The lowest BCUT2D eigenvalue weighted by atomic mass is 9.12. The number of carbonyl (C=O) groups is 2. The molecule has 0 aliphatic heterocycles. The third-order valence-corrected chi connectivity index (χ3v) is 9.58. The maximum atomic E-state index is 14.1. The molecule has 2 amide bonds. The zero-order valence-electron chi connectivity index (χ0n) is 28.3. The Morgan fingerprint density at radius 2 is 1.41 bits per heavy atom. The maximum Gasteiger partial charge on any atom is 0.255 e. The Balaban J connectivity index is 2.07. The van der Waals surface area contributed by atoms with Gasteiger partial charge in [-0.25, -0.2) is 12.8 Å². The van der Waals surface area contributed by atoms with Crippen molar-refractivity contribution in [3.63, 3.8) is 0 Å². The predicted molar refractivity (Wildman–Crippen MR) is 205 cm³/mol. The molecule has 240 valence electrons. The van der Waals surface area contributed by atoms with Crippen molar-refractivity contribution in [1.82, 2.24) is 10.6 Å². The molecule has 0 bridgehead atoms. The minimum absolute atomic E-state index is 0.0267. The van der Waals surface area contributed by atoms with E-state index in [-0.39, 0.29) is 57.0 Å². The van der Waals surface area contributed by atoms with Crippen LogP contribution in [0.15, 0.2) is 59.0 Å². The summed E-state index contributed by atoms with van der Waals surface area (Å²) in [5.41, 5.74) is -1.80. The van der Waals surface area contributed by atoms with E-state index < -0.39 is 48.5 Å². The molecule has 1 aromatic heterocycles. The third-order valence-electron chi connectivity index (χ3n) is 8.33. The number of sulfonamides is 1. The van der Waals surface area contributed by atoms with Gasteiger partial charge in [0.05, 0.1) is 101 Å². The number of hydrogen-bond donors (Lipinski definition) is 2. The van der Waals surface area contributed by atoms with Crippen LogP contribution in [-0.2, 0) is 10.0 Å². The van der Waals surface area contributed by atoms with Gasteiger partial charge in [0.25, 0.3) is 11.8 Å². The van der Waals surface area contributed by atoms with Crippen LogP contribution < -0.4 is 19.7 Å². The molecule has 0 atom stereocenters. The van der Waals surface area contributed by atoms with Crippen LogP contribution in [0.5, 0.6) is 5.75 Å². The molecule has 0 spiro atoms. The quantitative estimate of drug-likeness (QED) is 0.217. The first-order chi connectivity index (χ1) is 23.4. The van der Waals surface area contributed by atoms with Gasteiger partial charge < -0.3 is 19.8 Å². The molecule has 51 heavy (non-hydrogen) atoms. The lowest BCUT2D eigenvalue weighted by Crippen LogP contribution is -2.71. The van der Waals surface area contributed by atoms with Crippen LogP contribution in [0.2, 0.25) is 15.3 Å². The largest absolute Gasteiger partial charge is 0.496 e. The molecule has 9 nitrogen and oxygen atoms in total. The Labute approximate surface area is 309 Å². The summed E-state index contributed by atoms with van der Waals surface area (Å²) in [6.45, 7) is 1.58. The average Bonchev–Trinajstić information content (AvgIpc) is 3.39. The zero-order chi connectivity index (χ0) is 38.5. The van der Waals surface area contributed by atoms with E-state index in [0.717, 1.165) is 10.6 Å². The van der Waals surface area contributed by atoms with Crippen molar-refractivity contribution in [2.75, 3.05) is 31.3 Å². The highest BCUT2D eigenvalue weighted by molar-refractivity contribution is 7.92.